The molecule has 0 N–H and O–H groups in total. The number of sulfone groups is 1. The number of fused-ring (bicyclic) bond motifs is 1. The molecule has 0 aliphatic heterocycles. The first kappa shape index (κ1) is 17.4. The summed E-state index contributed by atoms with van der Waals surface area (Å²) in [5.41, 5.74) is 1.12. The van der Waals surface area contributed by atoms with Crippen molar-refractivity contribution in [2.24, 2.45) is 7.05 Å². The Hall–Kier alpha value is -0.980. The van der Waals surface area contributed by atoms with E-state index in [4.69, 9.17) is 23.2 Å². The minimum Gasteiger partial charge on any atom is -0.295 e. The van der Waals surface area contributed by atoms with Crippen LogP contribution < -0.4 is 5.69 Å². The predicted molar refractivity (Wildman–Crippen MR) is 90.7 cm³/mol. The van der Waals surface area contributed by atoms with Crippen LogP contribution in [0, 0.1) is 0 Å². The topological polar surface area (TPSA) is 61.1 Å². The molecule has 0 unspecified atom stereocenters. The van der Waals surface area contributed by atoms with Crippen molar-refractivity contribution < 1.29 is 8.42 Å². The van der Waals surface area contributed by atoms with Crippen molar-refractivity contribution in [2.45, 2.75) is 32.1 Å². The number of hydrogen-bond donors (Lipinski definition) is 0. The average molecular weight is 365 g/mol. The van der Waals surface area contributed by atoms with Gasteiger partial charge in [0.25, 0.3) is 0 Å². The second-order valence-electron chi connectivity index (χ2n) is 5.52. The molecule has 0 amide bonds. The summed E-state index contributed by atoms with van der Waals surface area (Å²) >= 11 is 12.0. The van der Waals surface area contributed by atoms with Crippen molar-refractivity contribution >= 4 is 44.1 Å². The Bertz CT molecular complexity index is 866. The van der Waals surface area contributed by atoms with E-state index in [0.717, 1.165) is 0 Å². The van der Waals surface area contributed by atoms with Crippen LogP contribution in [-0.4, -0.2) is 28.6 Å². The van der Waals surface area contributed by atoms with Crippen molar-refractivity contribution in [3.63, 3.8) is 0 Å². The normalized spacial score (nSPS) is 12.5. The second-order valence-corrected chi connectivity index (χ2v) is 9.01. The zero-order valence-corrected chi connectivity index (χ0v) is 15.0. The first-order chi connectivity index (χ1) is 10.1. The van der Waals surface area contributed by atoms with E-state index in [1.54, 1.807) is 33.0 Å². The van der Waals surface area contributed by atoms with Gasteiger partial charge in [-0.05, 0) is 32.4 Å². The van der Waals surface area contributed by atoms with Gasteiger partial charge in [0, 0.05) is 13.6 Å². The summed E-state index contributed by atoms with van der Waals surface area (Å²) in [5.74, 6) is 0.0504. The maximum atomic E-state index is 12.3. The van der Waals surface area contributed by atoms with Crippen LogP contribution in [0.3, 0.4) is 0 Å². The predicted octanol–water partition coefficient (Wildman–Crippen LogP) is 2.86. The minimum atomic E-state index is -3.11. The highest BCUT2D eigenvalue weighted by atomic mass is 35.5. The van der Waals surface area contributed by atoms with E-state index in [1.807, 2.05) is 0 Å². The molecular formula is C14H18Cl2N2O3S. The van der Waals surface area contributed by atoms with E-state index >= 15 is 0 Å². The summed E-state index contributed by atoms with van der Waals surface area (Å²) in [5, 5.41) is 0.331. The van der Waals surface area contributed by atoms with Gasteiger partial charge < -0.3 is 0 Å². The van der Waals surface area contributed by atoms with Gasteiger partial charge in [0.05, 0.1) is 32.1 Å². The zero-order valence-electron chi connectivity index (χ0n) is 12.6. The molecule has 1 aromatic heterocycles. The van der Waals surface area contributed by atoms with Crippen molar-refractivity contribution in [3.8, 4) is 0 Å². The highest BCUT2D eigenvalue weighted by Crippen LogP contribution is 2.27. The molecule has 5 nitrogen and oxygen atoms in total. The van der Waals surface area contributed by atoms with Crippen molar-refractivity contribution in [1.82, 2.24) is 9.13 Å². The summed E-state index contributed by atoms with van der Waals surface area (Å²) < 4.78 is 26.7. The number of imidazole rings is 1. The lowest BCUT2D eigenvalue weighted by molar-refractivity contribution is 0.576. The van der Waals surface area contributed by atoms with Gasteiger partial charge in [-0.25, -0.2) is 13.2 Å². The molecular weight excluding hydrogens is 347 g/mol. The fourth-order valence-corrected chi connectivity index (χ4v) is 3.59. The lowest BCUT2D eigenvalue weighted by Crippen LogP contribution is -2.24. The number of hydrogen-bond acceptors (Lipinski definition) is 3. The van der Waals surface area contributed by atoms with Gasteiger partial charge in [-0.2, -0.15) is 0 Å². The van der Waals surface area contributed by atoms with Crippen LogP contribution in [0.1, 0.15) is 20.3 Å². The number of rotatable bonds is 5. The largest absolute Gasteiger partial charge is 0.328 e. The third-order valence-corrected chi connectivity index (χ3v) is 6.73. The minimum absolute atomic E-state index is 0.0504. The second kappa shape index (κ2) is 6.26. The molecule has 22 heavy (non-hydrogen) atoms. The molecule has 0 bridgehead atoms. The third kappa shape index (κ3) is 3.19. The lowest BCUT2D eigenvalue weighted by atomic mass is 10.3. The van der Waals surface area contributed by atoms with Crippen LogP contribution in [0.4, 0.5) is 0 Å². The molecule has 1 aromatic carbocycles. The third-order valence-electron chi connectivity index (χ3n) is 3.72. The van der Waals surface area contributed by atoms with Crippen LogP contribution in [-0.2, 0) is 23.4 Å². The first-order valence-electron chi connectivity index (χ1n) is 6.91. The standard InChI is InChI=1S/C14H18Cl2N2O3S/c1-9(2)22(20,21)6-4-5-18-13-8-11(16)10(15)7-12(13)17(3)14(18)19/h7-9H,4-6H2,1-3H3. The molecule has 0 atom stereocenters. The van der Waals surface area contributed by atoms with Gasteiger partial charge in [0.15, 0.2) is 9.84 Å². The fraction of sp³-hybridized carbons (Fsp3) is 0.500. The van der Waals surface area contributed by atoms with Crippen molar-refractivity contribution in [3.05, 3.63) is 32.7 Å². The Morgan fingerprint density at radius 3 is 2.23 bits per heavy atom. The van der Waals surface area contributed by atoms with Gasteiger partial charge >= 0.3 is 5.69 Å². The SMILES string of the molecule is CC(C)S(=O)(=O)CCCn1c(=O)n(C)c2cc(Cl)c(Cl)cc21. The zero-order chi connectivity index (χ0) is 16.7. The van der Waals surface area contributed by atoms with Gasteiger partial charge in [-0.1, -0.05) is 23.2 Å². The highest BCUT2D eigenvalue weighted by molar-refractivity contribution is 7.91. The van der Waals surface area contributed by atoms with E-state index < -0.39 is 15.1 Å². The number of aryl methyl sites for hydroxylation is 2. The maximum Gasteiger partial charge on any atom is 0.328 e. The smallest absolute Gasteiger partial charge is 0.295 e. The van der Waals surface area contributed by atoms with Crippen molar-refractivity contribution in [1.29, 1.82) is 0 Å². The molecule has 2 rings (SSSR count). The monoisotopic (exact) mass is 364 g/mol. The Morgan fingerprint density at radius 1 is 1.14 bits per heavy atom. The molecule has 0 fully saturated rings. The molecule has 2 aromatic rings. The molecule has 0 aliphatic carbocycles. The summed E-state index contributed by atoms with van der Waals surface area (Å²) in [6, 6.07) is 3.28. The van der Waals surface area contributed by atoms with E-state index in [1.165, 1.54) is 9.13 Å². The average Bonchev–Trinajstić information content (AvgIpc) is 2.64. The summed E-state index contributed by atoms with van der Waals surface area (Å²) in [4.78, 5) is 12.3. The number of nitrogens with zero attached hydrogens (tertiary/aromatic N) is 2. The number of benzene rings is 1. The molecule has 0 aliphatic rings. The van der Waals surface area contributed by atoms with Crippen LogP contribution >= 0.6 is 23.2 Å². The number of halogens is 2. The molecule has 0 saturated heterocycles. The molecule has 122 valence electrons. The first-order valence-corrected chi connectivity index (χ1v) is 9.38. The summed E-state index contributed by atoms with van der Waals surface area (Å²) in [7, 11) is -1.46. The Labute approximate surface area is 139 Å². The van der Waals surface area contributed by atoms with E-state index in [9.17, 15) is 13.2 Å². The van der Waals surface area contributed by atoms with Crippen LogP contribution in [0.5, 0.6) is 0 Å². The van der Waals surface area contributed by atoms with E-state index in [2.05, 4.69) is 0 Å². The van der Waals surface area contributed by atoms with Crippen LogP contribution in [0.25, 0.3) is 11.0 Å². The lowest BCUT2D eigenvalue weighted by Gasteiger charge is -2.08. The molecule has 0 radical (unpaired) electrons. The van der Waals surface area contributed by atoms with Gasteiger partial charge in [0.2, 0.25) is 0 Å². The Kier molecular flexibility index (Phi) is 4.94. The quantitative estimate of drug-likeness (QED) is 0.819. The van der Waals surface area contributed by atoms with E-state index in [0.29, 0.717) is 34.0 Å². The molecule has 0 saturated carbocycles. The Morgan fingerprint density at radius 2 is 1.68 bits per heavy atom. The van der Waals surface area contributed by atoms with Gasteiger partial charge in [-0.15, -0.1) is 0 Å². The summed E-state index contributed by atoms with van der Waals surface area (Å²) in [6.45, 7) is 3.63. The molecule has 0 spiro atoms. The van der Waals surface area contributed by atoms with Gasteiger partial charge in [-0.3, -0.25) is 9.13 Å². The van der Waals surface area contributed by atoms with Crippen LogP contribution in [0.15, 0.2) is 16.9 Å². The Balaban J connectivity index is 2.35. The molecule has 8 heteroatoms. The van der Waals surface area contributed by atoms with Gasteiger partial charge in [0.1, 0.15) is 0 Å². The highest BCUT2D eigenvalue weighted by Gasteiger charge is 2.17. The summed E-state index contributed by atoms with van der Waals surface area (Å²) in [6.07, 6.45) is 0.375. The van der Waals surface area contributed by atoms with Crippen molar-refractivity contribution in [2.75, 3.05) is 5.75 Å². The fourth-order valence-electron chi connectivity index (χ4n) is 2.27. The maximum absolute atomic E-state index is 12.3. The van der Waals surface area contributed by atoms with Crippen LogP contribution in [0.2, 0.25) is 10.0 Å². The van der Waals surface area contributed by atoms with E-state index in [-0.39, 0.29) is 11.4 Å². The molecule has 1 heterocycles. The number of aromatic nitrogens is 2.